The van der Waals surface area contributed by atoms with E-state index in [2.05, 4.69) is 32.4 Å². The summed E-state index contributed by atoms with van der Waals surface area (Å²) in [6.45, 7) is 3.68. The van der Waals surface area contributed by atoms with Crippen LogP contribution >= 0.6 is 0 Å². The number of benzene rings is 1. The highest BCUT2D eigenvalue weighted by Gasteiger charge is 2.27. The maximum absolute atomic E-state index is 5.52. The Morgan fingerprint density at radius 3 is 3.00 bits per heavy atom. The zero-order chi connectivity index (χ0) is 14.7. The van der Waals surface area contributed by atoms with Gasteiger partial charge in [-0.25, -0.2) is 4.98 Å². The average molecular weight is 287 g/mol. The molecule has 0 radical (unpaired) electrons. The van der Waals surface area contributed by atoms with Gasteiger partial charge in [-0.1, -0.05) is 18.2 Å². The third kappa shape index (κ3) is 2.91. The van der Waals surface area contributed by atoms with Gasteiger partial charge < -0.3 is 10.1 Å². The number of piperazine rings is 1. The minimum atomic E-state index is 0.284. The lowest BCUT2D eigenvalue weighted by Crippen LogP contribution is -2.45. The van der Waals surface area contributed by atoms with Crippen molar-refractivity contribution in [3.8, 4) is 5.75 Å². The summed E-state index contributed by atoms with van der Waals surface area (Å²) in [7, 11) is 3.66. The predicted octanol–water partition coefficient (Wildman–Crippen LogP) is 0.970. The summed E-state index contributed by atoms with van der Waals surface area (Å²) in [4.78, 5) is 6.77. The molecular formula is C15H21N5O. The van der Waals surface area contributed by atoms with Crippen LogP contribution < -0.4 is 10.1 Å². The molecule has 1 saturated heterocycles. The first-order chi connectivity index (χ1) is 10.3. The van der Waals surface area contributed by atoms with Crippen LogP contribution in [0.25, 0.3) is 0 Å². The molecule has 0 aliphatic carbocycles. The Balaban J connectivity index is 1.86. The molecule has 2 aromatic rings. The van der Waals surface area contributed by atoms with Crippen molar-refractivity contribution in [1.82, 2.24) is 25.0 Å². The Morgan fingerprint density at radius 1 is 1.38 bits per heavy atom. The van der Waals surface area contributed by atoms with Crippen molar-refractivity contribution >= 4 is 0 Å². The van der Waals surface area contributed by atoms with Crippen molar-refractivity contribution in [3.63, 3.8) is 0 Å². The molecule has 6 heteroatoms. The third-order valence-electron chi connectivity index (χ3n) is 4.00. The van der Waals surface area contributed by atoms with Crippen molar-refractivity contribution in [3.05, 3.63) is 42.0 Å². The van der Waals surface area contributed by atoms with Gasteiger partial charge in [0.15, 0.2) is 0 Å². The van der Waals surface area contributed by atoms with Gasteiger partial charge in [0.1, 0.15) is 17.9 Å². The number of hydrogen-bond acceptors (Lipinski definition) is 5. The minimum Gasteiger partial charge on any atom is -0.496 e. The standard InChI is InChI=1S/C15H21N5O/c1-19-15(17-11-18-19)10-20-8-7-16-9-13(20)12-5-3-4-6-14(12)21-2/h3-6,11,13,16H,7-10H2,1-2H3. The van der Waals surface area contributed by atoms with E-state index in [0.717, 1.165) is 37.8 Å². The number of nitrogens with zero attached hydrogens (tertiary/aromatic N) is 4. The molecule has 1 N–H and O–H groups in total. The van der Waals surface area contributed by atoms with Gasteiger partial charge in [-0.3, -0.25) is 9.58 Å². The van der Waals surface area contributed by atoms with Crippen LogP contribution in [0.2, 0.25) is 0 Å². The molecule has 1 atom stereocenters. The summed E-state index contributed by atoms with van der Waals surface area (Å²) in [5, 5.41) is 7.62. The van der Waals surface area contributed by atoms with Crippen LogP contribution in [0.1, 0.15) is 17.4 Å². The van der Waals surface area contributed by atoms with Crippen molar-refractivity contribution in [1.29, 1.82) is 0 Å². The van der Waals surface area contributed by atoms with E-state index in [1.807, 2.05) is 23.9 Å². The summed E-state index contributed by atoms with van der Waals surface area (Å²) in [5.41, 5.74) is 1.22. The highest BCUT2D eigenvalue weighted by molar-refractivity contribution is 5.36. The zero-order valence-corrected chi connectivity index (χ0v) is 12.5. The molecule has 0 saturated carbocycles. The molecule has 1 aromatic carbocycles. The van der Waals surface area contributed by atoms with Crippen LogP contribution in [0.15, 0.2) is 30.6 Å². The highest BCUT2D eigenvalue weighted by atomic mass is 16.5. The molecule has 0 amide bonds. The number of rotatable bonds is 4. The van der Waals surface area contributed by atoms with Gasteiger partial charge in [0.25, 0.3) is 0 Å². The van der Waals surface area contributed by atoms with Gasteiger partial charge >= 0.3 is 0 Å². The fourth-order valence-electron chi connectivity index (χ4n) is 2.83. The highest BCUT2D eigenvalue weighted by Crippen LogP contribution is 2.30. The zero-order valence-electron chi connectivity index (χ0n) is 12.5. The molecule has 1 aliphatic heterocycles. The summed E-state index contributed by atoms with van der Waals surface area (Å²) in [6.07, 6.45) is 1.61. The second kappa shape index (κ2) is 6.24. The molecule has 1 aromatic heterocycles. The molecule has 0 spiro atoms. The number of para-hydroxylation sites is 1. The van der Waals surface area contributed by atoms with Gasteiger partial charge in [0.2, 0.25) is 0 Å². The summed E-state index contributed by atoms with van der Waals surface area (Å²) in [5.74, 6) is 1.92. The first kappa shape index (κ1) is 14.0. The summed E-state index contributed by atoms with van der Waals surface area (Å²) >= 11 is 0. The van der Waals surface area contributed by atoms with E-state index in [4.69, 9.17) is 4.74 Å². The van der Waals surface area contributed by atoms with Gasteiger partial charge in [-0.15, -0.1) is 0 Å². The first-order valence-electron chi connectivity index (χ1n) is 7.20. The van der Waals surface area contributed by atoms with Crippen molar-refractivity contribution in [2.45, 2.75) is 12.6 Å². The number of aromatic nitrogens is 3. The monoisotopic (exact) mass is 287 g/mol. The SMILES string of the molecule is COc1ccccc1C1CNCCN1Cc1ncnn1C. The molecule has 1 unspecified atom stereocenters. The maximum Gasteiger partial charge on any atom is 0.140 e. The third-order valence-corrected chi connectivity index (χ3v) is 4.00. The Labute approximate surface area is 124 Å². The fourth-order valence-corrected chi connectivity index (χ4v) is 2.83. The fraction of sp³-hybridized carbons (Fsp3) is 0.467. The van der Waals surface area contributed by atoms with Crippen molar-refractivity contribution in [2.24, 2.45) is 7.05 Å². The summed E-state index contributed by atoms with van der Waals surface area (Å²) < 4.78 is 7.35. The Kier molecular flexibility index (Phi) is 4.17. The largest absolute Gasteiger partial charge is 0.496 e. The quantitative estimate of drug-likeness (QED) is 0.908. The smallest absolute Gasteiger partial charge is 0.140 e. The predicted molar refractivity (Wildman–Crippen MR) is 80.0 cm³/mol. The lowest BCUT2D eigenvalue weighted by atomic mass is 10.0. The van der Waals surface area contributed by atoms with Crippen LogP contribution in [0.3, 0.4) is 0 Å². The second-order valence-electron chi connectivity index (χ2n) is 5.23. The first-order valence-corrected chi connectivity index (χ1v) is 7.20. The average Bonchev–Trinajstić information content (AvgIpc) is 2.93. The van der Waals surface area contributed by atoms with Crippen LogP contribution in [0, 0.1) is 0 Å². The molecule has 1 aliphatic rings. The number of nitrogens with one attached hydrogen (secondary N) is 1. The summed E-state index contributed by atoms with van der Waals surface area (Å²) in [6, 6.07) is 8.51. The second-order valence-corrected chi connectivity index (χ2v) is 5.23. The molecule has 21 heavy (non-hydrogen) atoms. The molecule has 2 heterocycles. The number of methoxy groups -OCH3 is 1. The molecule has 0 bridgehead atoms. The van der Waals surface area contributed by atoms with Gasteiger partial charge in [-0.05, 0) is 6.07 Å². The number of hydrogen-bond donors (Lipinski definition) is 1. The molecule has 3 rings (SSSR count). The van der Waals surface area contributed by atoms with E-state index >= 15 is 0 Å². The van der Waals surface area contributed by atoms with Gasteiger partial charge in [0.05, 0.1) is 19.7 Å². The Bertz CT molecular complexity index is 597. The molecule has 112 valence electrons. The van der Waals surface area contributed by atoms with E-state index < -0.39 is 0 Å². The van der Waals surface area contributed by atoms with Gasteiger partial charge in [0, 0.05) is 32.2 Å². The molecule has 1 fully saturated rings. The lowest BCUT2D eigenvalue weighted by Gasteiger charge is -2.36. The van der Waals surface area contributed by atoms with Crippen LogP contribution in [-0.2, 0) is 13.6 Å². The van der Waals surface area contributed by atoms with Crippen molar-refractivity contribution < 1.29 is 4.74 Å². The van der Waals surface area contributed by atoms with E-state index in [0.29, 0.717) is 0 Å². The lowest BCUT2D eigenvalue weighted by molar-refractivity contribution is 0.145. The van der Waals surface area contributed by atoms with Crippen LogP contribution in [0.4, 0.5) is 0 Å². The van der Waals surface area contributed by atoms with E-state index in [-0.39, 0.29) is 6.04 Å². The Hall–Kier alpha value is -1.92. The number of aryl methyl sites for hydroxylation is 1. The normalized spacial score (nSPS) is 19.6. The number of ether oxygens (including phenoxy) is 1. The van der Waals surface area contributed by atoms with E-state index in [9.17, 15) is 0 Å². The van der Waals surface area contributed by atoms with Crippen LogP contribution in [0.5, 0.6) is 5.75 Å². The van der Waals surface area contributed by atoms with Gasteiger partial charge in [-0.2, -0.15) is 5.10 Å². The maximum atomic E-state index is 5.52. The molecule has 6 nitrogen and oxygen atoms in total. The molecular weight excluding hydrogens is 266 g/mol. The van der Waals surface area contributed by atoms with E-state index in [1.54, 1.807) is 13.4 Å². The van der Waals surface area contributed by atoms with E-state index in [1.165, 1.54) is 5.56 Å². The Morgan fingerprint density at radius 2 is 2.24 bits per heavy atom. The van der Waals surface area contributed by atoms with Crippen LogP contribution in [-0.4, -0.2) is 46.4 Å². The van der Waals surface area contributed by atoms with Crippen molar-refractivity contribution in [2.75, 3.05) is 26.7 Å². The minimum absolute atomic E-state index is 0.284. The topological polar surface area (TPSA) is 55.2 Å².